The van der Waals surface area contributed by atoms with Crippen molar-refractivity contribution in [1.29, 1.82) is 0 Å². The molecule has 0 atom stereocenters. The van der Waals surface area contributed by atoms with Crippen molar-refractivity contribution in [3.8, 4) is 0 Å². The fraction of sp³-hybridized carbons (Fsp3) is 0.0345. The van der Waals surface area contributed by atoms with Crippen LogP contribution >= 0.6 is 0 Å². The average molecular weight is 433 g/mol. The molecule has 4 aromatic rings. The minimum absolute atomic E-state index is 1.06. The summed E-state index contributed by atoms with van der Waals surface area (Å²) in [7, 11) is -4.58. The molecule has 0 heterocycles. The van der Waals surface area contributed by atoms with Crippen LogP contribution in [0.15, 0.2) is 146 Å². The van der Waals surface area contributed by atoms with Crippen molar-refractivity contribution in [3.63, 3.8) is 0 Å². The van der Waals surface area contributed by atoms with Gasteiger partial charge in [0.1, 0.15) is 16.1 Å². The van der Waals surface area contributed by atoms with Crippen LogP contribution in [0.5, 0.6) is 0 Å². The third-order valence-electron chi connectivity index (χ3n) is 6.41. The van der Waals surface area contributed by atoms with Gasteiger partial charge in [0.2, 0.25) is 0 Å². The number of hydrogen-bond acceptors (Lipinski definition) is 0. The quantitative estimate of drug-likeness (QED) is 0.360. The van der Waals surface area contributed by atoms with Crippen molar-refractivity contribution >= 4 is 36.9 Å². The predicted octanol–water partition coefficient (Wildman–Crippen LogP) is 4.50. The highest BCUT2D eigenvalue weighted by Gasteiger charge is 2.45. The minimum Gasteiger partial charge on any atom is -0.106 e. The number of hydrogen-bond donors (Lipinski definition) is 0. The summed E-state index contributed by atoms with van der Waals surface area (Å²) in [6, 6.07) is 44.0. The molecule has 0 aliphatic carbocycles. The second-order valence-corrected chi connectivity index (χ2v) is 16.4. The highest BCUT2D eigenvalue weighted by Crippen LogP contribution is 2.23. The Balaban J connectivity index is 2.00. The molecule has 0 saturated heterocycles. The van der Waals surface area contributed by atoms with Crippen LogP contribution in [-0.2, 0) is 0 Å². The van der Waals surface area contributed by atoms with E-state index >= 15 is 0 Å². The lowest BCUT2D eigenvalue weighted by atomic mass is 10.4. The number of rotatable bonds is 8. The van der Waals surface area contributed by atoms with Gasteiger partial charge in [-0.3, -0.25) is 0 Å². The zero-order chi connectivity index (χ0) is 21.6. The molecule has 0 saturated carbocycles. The van der Waals surface area contributed by atoms with Crippen LogP contribution in [0.3, 0.4) is 0 Å². The maximum absolute atomic E-state index is 4.44. The second-order valence-electron chi connectivity index (χ2n) is 7.99. The molecule has 0 amide bonds. The van der Waals surface area contributed by atoms with E-state index in [4.69, 9.17) is 0 Å². The van der Waals surface area contributed by atoms with Crippen LogP contribution in [0.1, 0.15) is 0 Å². The largest absolute Gasteiger partial charge is 0.139 e. The van der Waals surface area contributed by atoms with Gasteiger partial charge < -0.3 is 0 Å². The van der Waals surface area contributed by atoms with Crippen molar-refractivity contribution in [1.82, 2.24) is 0 Å². The first-order valence-corrected chi connectivity index (χ1v) is 15.3. The van der Waals surface area contributed by atoms with E-state index in [1.54, 1.807) is 0 Å². The molecule has 4 aromatic carbocycles. The van der Waals surface area contributed by atoms with Gasteiger partial charge in [0.25, 0.3) is 0 Å². The second kappa shape index (κ2) is 9.29. The molecule has 0 aromatic heterocycles. The van der Waals surface area contributed by atoms with E-state index in [2.05, 4.69) is 146 Å². The molecule has 0 unspecified atom stereocenters. The summed E-state index contributed by atoms with van der Waals surface area (Å²) in [5.41, 5.74) is 5.64. The van der Waals surface area contributed by atoms with Crippen LogP contribution < -0.4 is 20.7 Å². The fourth-order valence-electron chi connectivity index (χ4n) is 4.74. The molecule has 0 bridgehead atoms. The number of benzene rings is 4. The Kier molecular flexibility index (Phi) is 6.31. The third kappa shape index (κ3) is 3.92. The SMILES string of the molecule is C=C[Si](C[Si](C=C)(c1ccccc1)c1ccccc1)(c1ccccc1)c1ccccc1. The van der Waals surface area contributed by atoms with Crippen LogP contribution in [-0.4, -0.2) is 16.1 Å². The Morgan fingerprint density at radius 1 is 0.419 bits per heavy atom. The molecule has 0 fully saturated rings. The Bertz CT molecular complexity index is 949. The van der Waals surface area contributed by atoms with Crippen molar-refractivity contribution < 1.29 is 0 Å². The van der Waals surface area contributed by atoms with Gasteiger partial charge in [-0.2, -0.15) is 0 Å². The van der Waals surface area contributed by atoms with Crippen LogP contribution in [0.4, 0.5) is 0 Å². The molecule has 152 valence electrons. The van der Waals surface area contributed by atoms with Gasteiger partial charge in [0.15, 0.2) is 0 Å². The van der Waals surface area contributed by atoms with Crippen LogP contribution in [0.25, 0.3) is 0 Å². The van der Waals surface area contributed by atoms with Crippen molar-refractivity contribution in [3.05, 3.63) is 146 Å². The first-order chi connectivity index (χ1) is 15.2. The topological polar surface area (TPSA) is 0 Å². The Morgan fingerprint density at radius 3 is 0.839 bits per heavy atom. The molecule has 0 N–H and O–H groups in total. The maximum atomic E-state index is 4.44. The summed E-state index contributed by atoms with van der Waals surface area (Å²) in [4.78, 5) is 0. The Labute approximate surface area is 188 Å². The van der Waals surface area contributed by atoms with Gasteiger partial charge >= 0.3 is 0 Å². The van der Waals surface area contributed by atoms with Crippen molar-refractivity contribution in [2.45, 2.75) is 5.67 Å². The molecule has 0 aliphatic heterocycles. The summed E-state index contributed by atoms with van der Waals surface area (Å²) in [5, 5.41) is 5.62. The van der Waals surface area contributed by atoms with E-state index in [1.165, 1.54) is 20.7 Å². The van der Waals surface area contributed by atoms with Gasteiger partial charge in [-0.15, -0.1) is 13.2 Å². The fourth-order valence-corrected chi connectivity index (χ4v) is 17.4. The smallest absolute Gasteiger partial charge is 0.106 e. The zero-order valence-electron chi connectivity index (χ0n) is 17.8. The molecule has 4 rings (SSSR count). The monoisotopic (exact) mass is 432 g/mol. The van der Waals surface area contributed by atoms with E-state index in [9.17, 15) is 0 Å². The van der Waals surface area contributed by atoms with Crippen LogP contribution in [0.2, 0.25) is 5.67 Å². The molecule has 0 radical (unpaired) electrons. The predicted molar refractivity (Wildman–Crippen MR) is 141 cm³/mol. The standard InChI is InChI=1S/C29H28Si2/c1-3-30(26-17-9-5-10-18-26,27-19-11-6-12-20-27)25-31(4-2,28-21-13-7-14-22-28)29-23-15-8-16-24-29/h3-24H,1-2,25H2. The van der Waals surface area contributed by atoms with Gasteiger partial charge in [-0.1, -0.05) is 153 Å². The lowest BCUT2D eigenvalue weighted by Crippen LogP contribution is -2.68. The molecule has 0 spiro atoms. The van der Waals surface area contributed by atoms with Crippen molar-refractivity contribution in [2.75, 3.05) is 0 Å². The molecule has 0 aliphatic rings. The Hall–Kier alpha value is -3.21. The lowest BCUT2D eigenvalue weighted by Gasteiger charge is -2.39. The van der Waals surface area contributed by atoms with E-state index in [1.807, 2.05) is 0 Å². The summed E-state index contributed by atoms with van der Waals surface area (Å²) >= 11 is 0. The molecule has 2 heteroatoms. The van der Waals surface area contributed by atoms with Gasteiger partial charge in [0, 0.05) is 0 Å². The first kappa shape index (κ1) is 21.0. The zero-order valence-corrected chi connectivity index (χ0v) is 19.8. The molecule has 31 heavy (non-hydrogen) atoms. The van der Waals surface area contributed by atoms with E-state index in [-0.39, 0.29) is 0 Å². The van der Waals surface area contributed by atoms with Crippen molar-refractivity contribution in [2.24, 2.45) is 0 Å². The molecular weight excluding hydrogens is 404 g/mol. The van der Waals surface area contributed by atoms with Gasteiger partial charge in [0.05, 0.1) is 0 Å². The first-order valence-electron chi connectivity index (χ1n) is 10.7. The third-order valence-corrected chi connectivity index (χ3v) is 17.7. The summed E-state index contributed by atoms with van der Waals surface area (Å²) in [6.07, 6.45) is 0. The van der Waals surface area contributed by atoms with E-state index in [0.29, 0.717) is 0 Å². The summed E-state index contributed by atoms with van der Waals surface area (Å²) in [6.45, 7) is 8.88. The highest BCUT2D eigenvalue weighted by atomic mass is 28.4. The van der Waals surface area contributed by atoms with E-state index < -0.39 is 16.1 Å². The normalized spacial score (nSPS) is 11.6. The van der Waals surface area contributed by atoms with Gasteiger partial charge in [-0.05, 0) is 5.67 Å². The summed E-state index contributed by atoms with van der Waals surface area (Å²) in [5.74, 6) is 0. The highest BCUT2D eigenvalue weighted by molar-refractivity contribution is 7.20. The van der Waals surface area contributed by atoms with E-state index in [0.717, 1.165) is 5.67 Å². The Morgan fingerprint density at radius 2 is 0.645 bits per heavy atom. The van der Waals surface area contributed by atoms with Gasteiger partial charge in [-0.25, -0.2) is 0 Å². The maximum Gasteiger partial charge on any atom is 0.139 e. The molecule has 0 nitrogen and oxygen atoms in total. The lowest BCUT2D eigenvalue weighted by molar-refractivity contribution is 1.61. The summed E-state index contributed by atoms with van der Waals surface area (Å²) < 4.78 is 0. The minimum atomic E-state index is -2.29. The molecular formula is C29H28Si2. The average Bonchev–Trinajstić information content (AvgIpc) is 2.87. The van der Waals surface area contributed by atoms with Crippen LogP contribution in [0, 0.1) is 0 Å².